The lowest BCUT2D eigenvalue weighted by Crippen LogP contribution is -2.65. The first kappa shape index (κ1) is 18.0. The number of thiazole rings is 1. The Labute approximate surface area is 164 Å². The van der Waals surface area contributed by atoms with Crippen LogP contribution in [0.2, 0.25) is 0 Å². The minimum absolute atomic E-state index is 0.0545. The molecule has 6 rings (SSSR count). The molecule has 2 amide bonds. The Kier molecular flexibility index (Phi) is 3.82. The van der Waals surface area contributed by atoms with Crippen LogP contribution in [0, 0.1) is 28.9 Å². The smallest absolute Gasteiger partial charge is 0.232 e. The van der Waals surface area contributed by atoms with Crippen LogP contribution in [0.4, 0.5) is 13.9 Å². The zero-order valence-corrected chi connectivity index (χ0v) is 16.3. The molecule has 4 bridgehead atoms. The number of carbonyl (C=O) groups is 2. The van der Waals surface area contributed by atoms with E-state index in [1.807, 2.05) is 0 Å². The lowest BCUT2D eigenvalue weighted by Gasteiger charge is -2.61. The summed E-state index contributed by atoms with van der Waals surface area (Å²) in [6, 6.07) is 2.02. The molecule has 0 spiro atoms. The molecular weight excluding hydrogens is 384 g/mol. The molecule has 28 heavy (non-hydrogen) atoms. The number of fused-ring (bicyclic) bond motifs is 1. The Morgan fingerprint density at radius 3 is 2.57 bits per heavy atom. The number of rotatable bonds is 3. The number of halogens is 2. The highest BCUT2D eigenvalue weighted by molar-refractivity contribution is 7.22. The SMILES string of the molecule is CC(=O)NC12C[C@@H]3C[C@@H](C1)CC(C(=O)Nc1nc4c(F)cc(F)cc4s1)(C3)C2. The van der Waals surface area contributed by atoms with Gasteiger partial charge >= 0.3 is 0 Å². The van der Waals surface area contributed by atoms with Crippen LogP contribution in [0.3, 0.4) is 0 Å². The van der Waals surface area contributed by atoms with E-state index in [0.717, 1.165) is 49.5 Å². The third-order valence-corrected chi connectivity index (χ3v) is 7.54. The number of amides is 2. The monoisotopic (exact) mass is 405 g/mol. The van der Waals surface area contributed by atoms with E-state index >= 15 is 0 Å². The van der Waals surface area contributed by atoms with E-state index < -0.39 is 17.0 Å². The van der Waals surface area contributed by atoms with Crippen LogP contribution in [0.25, 0.3) is 10.2 Å². The van der Waals surface area contributed by atoms with Crippen molar-refractivity contribution in [1.29, 1.82) is 0 Å². The van der Waals surface area contributed by atoms with E-state index in [1.54, 1.807) is 0 Å². The summed E-state index contributed by atoms with van der Waals surface area (Å²) in [5.74, 6) is -0.699. The fraction of sp³-hybridized carbons (Fsp3) is 0.550. The maximum absolute atomic E-state index is 13.9. The predicted molar refractivity (Wildman–Crippen MR) is 102 cm³/mol. The largest absolute Gasteiger partial charge is 0.351 e. The molecule has 2 aromatic rings. The Bertz CT molecular complexity index is 991. The van der Waals surface area contributed by atoms with Gasteiger partial charge in [-0.25, -0.2) is 13.8 Å². The maximum atomic E-state index is 13.9. The molecule has 4 fully saturated rings. The first-order chi connectivity index (χ1) is 13.3. The van der Waals surface area contributed by atoms with Crippen molar-refractivity contribution < 1.29 is 18.4 Å². The highest BCUT2D eigenvalue weighted by Gasteiger charge is 2.60. The van der Waals surface area contributed by atoms with Gasteiger partial charge in [0.05, 0.1) is 10.1 Å². The highest BCUT2D eigenvalue weighted by atomic mass is 32.1. The van der Waals surface area contributed by atoms with Crippen molar-refractivity contribution in [3.05, 3.63) is 23.8 Å². The first-order valence-corrected chi connectivity index (χ1v) is 10.4. The van der Waals surface area contributed by atoms with Gasteiger partial charge in [0.1, 0.15) is 11.3 Å². The molecule has 148 valence electrons. The number of hydrogen-bond donors (Lipinski definition) is 2. The quantitative estimate of drug-likeness (QED) is 0.811. The summed E-state index contributed by atoms with van der Waals surface area (Å²) in [5, 5.41) is 6.30. The molecule has 0 unspecified atom stereocenters. The molecular formula is C20H21F2N3O2S. The molecule has 4 aliphatic rings. The summed E-state index contributed by atoms with van der Waals surface area (Å²) in [5.41, 5.74) is -0.758. The molecule has 1 aromatic carbocycles. The molecule has 4 aliphatic carbocycles. The number of nitrogens with one attached hydrogen (secondary N) is 2. The average molecular weight is 405 g/mol. The molecule has 1 heterocycles. The minimum Gasteiger partial charge on any atom is -0.351 e. The summed E-state index contributed by atoms with van der Waals surface area (Å²) in [7, 11) is 0. The van der Waals surface area contributed by atoms with Crippen LogP contribution in [-0.2, 0) is 9.59 Å². The van der Waals surface area contributed by atoms with Crippen LogP contribution in [0.15, 0.2) is 12.1 Å². The number of anilines is 1. The van der Waals surface area contributed by atoms with Crippen molar-refractivity contribution in [2.24, 2.45) is 17.3 Å². The Morgan fingerprint density at radius 1 is 1.18 bits per heavy atom. The summed E-state index contributed by atoms with van der Waals surface area (Å²) < 4.78 is 27.7. The Balaban J connectivity index is 1.43. The lowest BCUT2D eigenvalue weighted by atomic mass is 9.46. The zero-order valence-electron chi connectivity index (χ0n) is 15.5. The van der Waals surface area contributed by atoms with E-state index in [1.165, 1.54) is 13.0 Å². The van der Waals surface area contributed by atoms with E-state index in [-0.39, 0.29) is 28.0 Å². The molecule has 4 saturated carbocycles. The molecule has 8 heteroatoms. The van der Waals surface area contributed by atoms with Gasteiger partial charge in [0.25, 0.3) is 0 Å². The highest BCUT2D eigenvalue weighted by Crippen LogP contribution is 2.62. The second-order valence-corrected chi connectivity index (χ2v) is 9.94. The second kappa shape index (κ2) is 5.95. The van der Waals surface area contributed by atoms with Crippen LogP contribution in [0.1, 0.15) is 45.4 Å². The fourth-order valence-electron chi connectivity index (χ4n) is 6.29. The van der Waals surface area contributed by atoms with Crippen molar-refractivity contribution in [2.45, 2.75) is 51.0 Å². The molecule has 2 atom stereocenters. The molecule has 0 aliphatic heterocycles. The second-order valence-electron chi connectivity index (χ2n) is 8.91. The number of nitrogens with zero attached hydrogens (tertiary/aromatic N) is 1. The van der Waals surface area contributed by atoms with E-state index in [9.17, 15) is 18.4 Å². The van der Waals surface area contributed by atoms with Crippen LogP contribution < -0.4 is 10.6 Å². The normalized spacial score (nSPS) is 33.2. The Hall–Kier alpha value is -2.09. The molecule has 2 N–H and O–H groups in total. The molecule has 0 radical (unpaired) electrons. The minimum atomic E-state index is -0.730. The van der Waals surface area contributed by atoms with Crippen LogP contribution in [-0.4, -0.2) is 22.3 Å². The lowest BCUT2D eigenvalue weighted by molar-refractivity contribution is -0.148. The van der Waals surface area contributed by atoms with Crippen molar-refractivity contribution in [3.63, 3.8) is 0 Å². The zero-order chi connectivity index (χ0) is 19.7. The average Bonchev–Trinajstić information content (AvgIpc) is 2.94. The van der Waals surface area contributed by atoms with Gasteiger partial charge in [0.2, 0.25) is 11.8 Å². The Morgan fingerprint density at radius 2 is 1.89 bits per heavy atom. The van der Waals surface area contributed by atoms with Gasteiger partial charge in [-0.3, -0.25) is 9.59 Å². The van der Waals surface area contributed by atoms with E-state index in [2.05, 4.69) is 15.6 Å². The summed E-state index contributed by atoms with van der Waals surface area (Å²) in [6.45, 7) is 1.53. The van der Waals surface area contributed by atoms with Gasteiger partial charge in [0.15, 0.2) is 10.9 Å². The predicted octanol–water partition coefficient (Wildman–Crippen LogP) is 3.99. The van der Waals surface area contributed by atoms with Gasteiger partial charge in [-0.2, -0.15) is 0 Å². The molecule has 5 nitrogen and oxygen atoms in total. The third-order valence-electron chi connectivity index (χ3n) is 6.62. The molecule has 1 aromatic heterocycles. The van der Waals surface area contributed by atoms with Gasteiger partial charge in [-0.05, 0) is 56.4 Å². The van der Waals surface area contributed by atoms with Crippen molar-refractivity contribution in [2.75, 3.05) is 5.32 Å². The third kappa shape index (κ3) is 2.80. The van der Waals surface area contributed by atoms with Gasteiger partial charge in [-0.15, -0.1) is 0 Å². The van der Waals surface area contributed by atoms with Crippen LogP contribution in [0.5, 0.6) is 0 Å². The summed E-state index contributed by atoms with van der Waals surface area (Å²) >= 11 is 1.07. The summed E-state index contributed by atoms with van der Waals surface area (Å²) in [4.78, 5) is 29.2. The van der Waals surface area contributed by atoms with Gasteiger partial charge < -0.3 is 10.6 Å². The fourth-order valence-corrected chi connectivity index (χ4v) is 7.19. The van der Waals surface area contributed by atoms with E-state index in [4.69, 9.17) is 0 Å². The number of carbonyl (C=O) groups excluding carboxylic acids is 2. The first-order valence-electron chi connectivity index (χ1n) is 9.62. The number of aromatic nitrogens is 1. The van der Waals surface area contributed by atoms with Crippen LogP contribution >= 0.6 is 11.3 Å². The maximum Gasteiger partial charge on any atom is 0.232 e. The van der Waals surface area contributed by atoms with Crippen molar-refractivity contribution >= 4 is 38.5 Å². The summed E-state index contributed by atoms with van der Waals surface area (Å²) in [6.07, 6.45) is 5.23. The van der Waals surface area contributed by atoms with E-state index in [0.29, 0.717) is 23.0 Å². The van der Waals surface area contributed by atoms with Gasteiger partial charge in [-0.1, -0.05) is 11.3 Å². The van der Waals surface area contributed by atoms with Crippen molar-refractivity contribution in [3.8, 4) is 0 Å². The number of hydrogen-bond acceptors (Lipinski definition) is 4. The van der Waals surface area contributed by atoms with Crippen molar-refractivity contribution in [1.82, 2.24) is 10.3 Å². The standard InChI is InChI=1S/C20H21F2N3O2S/c1-10(26)25-20-7-11-2-12(8-20)6-19(5-11,9-20)17(27)24-18-23-16-14(22)3-13(21)4-15(16)28-18/h3-4,11-12H,2,5-9H2,1H3,(H,25,26)(H,23,24,27)/t11-,12-,19?,20?/m1/s1. The molecule has 0 saturated heterocycles. The van der Waals surface area contributed by atoms with Gasteiger partial charge in [0, 0.05) is 18.5 Å². The topological polar surface area (TPSA) is 71.1 Å². The number of benzene rings is 1.